The van der Waals surface area contributed by atoms with Crippen molar-refractivity contribution in [3.8, 4) is 0 Å². The Morgan fingerprint density at radius 1 is 1.19 bits per heavy atom. The molecule has 0 saturated carbocycles. The Labute approximate surface area is 228 Å². The average Bonchev–Trinajstić information content (AvgIpc) is 3.13. The molecule has 0 radical (unpaired) electrons. The van der Waals surface area contributed by atoms with Gasteiger partial charge in [0.05, 0.1) is 32.7 Å². The third-order valence-electron chi connectivity index (χ3n) is 6.85. The van der Waals surface area contributed by atoms with E-state index in [1.54, 1.807) is 29.2 Å². The van der Waals surface area contributed by atoms with E-state index in [-0.39, 0.29) is 31.3 Å². The third-order valence-corrected chi connectivity index (χ3v) is 7.97. The molecule has 1 aromatic heterocycles. The van der Waals surface area contributed by atoms with Crippen LogP contribution in [0.4, 0.5) is 18.9 Å². The van der Waals surface area contributed by atoms with Gasteiger partial charge in [-0.15, -0.1) is 0 Å². The van der Waals surface area contributed by atoms with Gasteiger partial charge in [0.2, 0.25) is 5.91 Å². The van der Waals surface area contributed by atoms with Crippen molar-refractivity contribution in [2.75, 3.05) is 18.0 Å². The zero-order valence-electron chi connectivity index (χ0n) is 20.7. The summed E-state index contributed by atoms with van der Waals surface area (Å²) in [5.41, 5.74) is 3.35. The first kappa shape index (κ1) is 27.9. The highest BCUT2D eigenvalue weighted by Crippen LogP contribution is 2.39. The number of benzene rings is 2. The number of nitrogens with zero attached hydrogens (tertiary/aromatic N) is 3. The molecule has 11 heteroatoms. The van der Waals surface area contributed by atoms with Crippen LogP contribution >= 0.6 is 34.8 Å². The topological polar surface area (TPSA) is 50.2 Å². The van der Waals surface area contributed by atoms with Crippen LogP contribution in [0.5, 0.6) is 0 Å². The monoisotopic (exact) mass is 574 g/mol. The summed E-state index contributed by atoms with van der Waals surface area (Å²) in [5.74, 6) is -0.934. The van der Waals surface area contributed by atoms with Crippen molar-refractivity contribution in [2.24, 2.45) is 18.9 Å². The number of rotatable bonds is 6. The first-order chi connectivity index (χ1) is 17.4. The number of piperidine rings is 1. The summed E-state index contributed by atoms with van der Waals surface area (Å²) < 4.78 is 42.0. The minimum Gasteiger partial charge on any atom is -0.370 e. The summed E-state index contributed by atoms with van der Waals surface area (Å²) in [6.45, 7) is 4.29. The van der Waals surface area contributed by atoms with Crippen molar-refractivity contribution in [1.29, 1.82) is 0 Å². The van der Waals surface area contributed by atoms with Crippen molar-refractivity contribution in [1.82, 2.24) is 14.9 Å². The number of hydrogen-bond donors (Lipinski definition) is 1. The lowest BCUT2D eigenvalue weighted by Gasteiger charge is -2.35. The second kappa shape index (κ2) is 10.9. The van der Waals surface area contributed by atoms with Gasteiger partial charge in [-0.2, -0.15) is 13.2 Å². The van der Waals surface area contributed by atoms with Crippen molar-refractivity contribution in [3.05, 3.63) is 56.3 Å². The van der Waals surface area contributed by atoms with Gasteiger partial charge in [0, 0.05) is 44.0 Å². The number of nitrogens with one attached hydrogen (secondary N) is 1. The van der Waals surface area contributed by atoms with Crippen LogP contribution in [0.2, 0.25) is 15.1 Å². The van der Waals surface area contributed by atoms with Gasteiger partial charge in [0.1, 0.15) is 5.82 Å². The lowest BCUT2D eigenvalue weighted by Crippen LogP contribution is -2.41. The molecule has 0 aliphatic carbocycles. The predicted octanol–water partition coefficient (Wildman–Crippen LogP) is 7.18. The summed E-state index contributed by atoms with van der Waals surface area (Å²) in [4.78, 5) is 18.4. The molecule has 2 heterocycles. The minimum atomic E-state index is -4.24. The molecule has 37 heavy (non-hydrogen) atoms. The quantitative estimate of drug-likeness (QED) is 0.339. The molecule has 1 N–H and O–H groups in total. The van der Waals surface area contributed by atoms with Gasteiger partial charge in [-0.1, -0.05) is 54.7 Å². The first-order valence-corrected chi connectivity index (χ1v) is 13.2. The van der Waals surface area contributed by atoms with E-state index < -0.39 is 12.1 Å². The largest absolute Gasteiger partial charge is 0.393 e. The summed E-state index contributed by atoms with van der Waals surface area (Å²) in [7, 11) is 1.84. The second-order valence-corrected chi connectivity index (χ2v) is 10.9. The fourth-order valence-corrected chi connectivity index (χ4v) is 5.45. The van der Waals surface area contributed by atoms with Crippen LogP contribution in [-0.4, -0.2) is 34.7 Å². The Bertz CT molecular complexity index is 1320. The molecule has 1 aliphatic heterocycles. The lowest BCUT2D eigenvalue weighted by atomic mass is 9.97. The third kappa shape index (κ3) is 5.96. The molecule has 0 bridgehead atoms. The number of halogens is 6. The normalized spacial score (nSPS) is 16.6. The number of carbonyl (C=O) groups excluding carboxylic acids is 1. The number of anilines is 1. The number of alkyl halides is 3. The molecule has 1 aliphatic rings. The summed E-state index contributed by atoms with van der Waals surface area (Å²) in [6, 6.07) is 7.01. The molecular formula is C26H28Cl3F3N4O. The lowest BCUT2D eigenvalue weighted by molar-refractivity contribution is -0.176. The van der Waals surface area contributed by atoms with Crippen molar-refractivity contribution in [3.63, 3.8) is 0 Å². The molecule has 5 nitrogen and oxygen atoms in total. The van der Waals surface area contributed by atoms with E-state index in [0.29, 0.717) is 57.0 Å². The van der Waals surface area contributed by atoms with Crippen LogP contribution in [0.25, 0.3) is 11.0 Å². The number of fused-ring (bicyclic) bond motifs is 1. The smallest absolute Gasteiger partial charge is 0.370 e. The maximum atomic E-state index is 13.4. The zero-order valence-corrected chi connectivity index (χ0v) is 23.0. The van der Waals surface area contributed by atoms with Gasteiger partial charge in [0.15, 0.2) is 0 Å². The molecule has 1 fully saturated rings. The second-order valence-electron chi connectivity index (χ2n) is 9.75. The number of hydrogen-bond acceptors (Lipinski definition) is 3. The highest BCUT2D eigenvalue weighted by Gasteiger charge is 2.42. The molecule has 0 spiro atoms. The van der Waals surface area contributed by atoms with Crippen molar-refractivity contribution >= 4 is 57.4 Å². The van der Waals surface area contributed by atoms with Gasteiger partial charge in [-0.3, -0.25) is 4.79 Å². The maximum Gasteiger partial charge on any atom is 0.393 e. The number of carbonyl (C=O) groups is 1. The molecule has 1 saturated heterocycles. The average molecular weight is 576 g/mol. The van der Waals surface area contributed by atoms with Crippen LogP contribution in [0, 0.1) is 11.8 Å². The summed E-state index contributed by atoms with van der Waals surface area (Å²) in [6.07, 6.45) is -3.35. The number of imidazole rings is 1. The number of amides is 1. The highest BCUT2D eigenvalue weighted by molar-refractivity contribution is 6.36. The van der Waals surface area contributed by atoms with Gasteiger partial charge in [-0.05, 0) is 42.2 Å². The number of aryl methyl sites for hydroxylation is 1. The summed E-state index contributed by atoms with van der Waals surface area (Å²) >= 11 is 19.7. The standard InChI is InChI=1S/C26H28Cl3F3N4O/c1-14(2)25(37)33-12-15-6-7-18(27)17(24(15)29)9-23-34-20-10-19(28)21(11-22(20)35(23)3)36-8-4-5-16(13-36)26(30,31)32/h6-7,10-11,14,16H,4-5,8-9,12-13H2,1-3H3,(H,33,37). The molecule has 200 valence electrons. The zero-order chi connectivity index (χ0) is 27.1. The fourth-order valence-electron chi connectivity index (χ4n) is 4.60. The van der Waals surface area contributed by atoms with Gasteiger partial charge >= 0.3 is 6.18 Å². The van der Waals surface area contributed by atoms with Crippen LogP contribution in [-0.2, 0) is 24.8 Å². The predicted molar refractivity (Wildman–Crippen MR) is 143 cm³/mol. The van der Waals surface area contributed by atoms with E-state index in [9.17, 15) is 18.0 Å². The van der Waals surface area contributed by atoms with Crippen LogP contribution < -0.4 is 10.2 Å². The molecule has 1 atom stereocenters. The Morgan fingerprint density at radius 2 is 1.92 bits per heavy atom. The molecule has 3 aromatic rings. The Morgan fingerprint density at radius 3 is 2.59 bits per heavy atom. The van der Waals surface area contributed by atoms with E-state index in [0.717, 1.165) is 11.1 Å². The van der Waals surface area contributed by atoms with Gasteiger partial charge < -0.3 is 14.8 Å². The minimum absolute atomic E-state index is 0.0779. The van der Waals surface area contributed by atoms with Crippen LogP contribution in [0.3, 0.4) is 0 Å². The Hall–Kier alpha value is -2.16. The molecule has 2 aromatic carbocycles. The SMILES string of the molecule is CC(C)C(=O)NCc1ccc(Cl)c(Cc2nc3cc(Cl)c(N4CCCC(C(F)(F)F)C4)cc3n2C)c1Cl. The van der Waals surface area contributed by atoms with E-state index in [4.69, 9.17) is 39.8 Å². The fraction of sp³-hybridized carbons (Fsp3) is 0.462. The highest BCUT2D eigenvalue weighted by atomic mass is 35.5. The Balaban J connectivity index is 1.63. The van der Waals surface area contributed by atoms with Crippen molar-refractivity contribution < 1.29 is 18.0 Å². The van der Waals surface area contributed by atoms with Gasteiger partial charge in [-0.25, -0.2) is 4.98 Å². The first-order valence-electron chi connectivity index (χ1n) is 12.1. The molecular weight excluding hydrogens is 548 g/mol. The number of aromatic nitrogens is 2. The van der Waals surface area contributed by atoms with Crippen molar-refractivity contribution in [2.45, 2.75) is 45.8 Å². The molecule has 1 unspecified atom stereocenters. The molecule has 4 rings (SSSR count). The van der Waals surface area contributed by atoms with E-state index in [2.05, 4.69) is 5.32 Å². The van der Waals surface area contributed by atoms with Crippen LogP contribution in [0.1, 0.15) is 43.6 Å². The summed E-state index contributed by atoms with van der Waals surface area (Å²) in [5, 5.41) is 4.15. The van der Waals surface area contributed by atoms with E-state index in [1.165, 1.54) is 0 Å². The van der Waals surface area contributed by atoms with Gasteiger partial charge in [0.25, 0.3) is 0 Å². The van der Waals surface area contributed by atoms with Crippen LogP contribution in [0.15, 0.2) is 24.3 Å². The van der Waals surface area contributed by atoms with E-state index >= 15 is 0 Å². The maximum absolute atomic E-state index is 13.4. The molecule has 1 amide bonds. The Kier molecular flexibility index (Phi) is 8.22. The van der Waals surface area contributed by atoms with E-state index in [1.807, 2.05) is 25.5 Å².